The third kappa shape index (κ3) is 5.61. The maximum Gasteiger partial charge on any atom is 0.255 e. The van der Waals surface area contributed by atoms with Crippen LogP contribution in [0.5, 0.6) is 0 Å². The molecule has 2 rings (SSSR count). The first-order chi connectivity index (χ1) is 12.3. The van der Waals surface area contributed by atoms with Crippen molar-refractivity contribution in [2.24, 2.45) is 0 Å². The summed E-state index contributed by atoms with van der Waals surface area (Å²) in [7, 11) is 1.65. The molecule has 0 bridgehead atoms. The topological polar surface area (TPSA) is 49.4 Å². The number of nitrogens with one attached hydrogen (secondary N) is 1. The zero-order valence-electron chi connectivity index (χ0n) is 15.4. The molecule has 0 fully saturated rings. The fraction of sp³-hybridized carbons (Fsp3) is 0.300. The molecule has 2 aromatic carbocycles. The largest absolute Gasteiger partial charge is 0.332 e. The van der Waals surface area contributed by atoms with Crippen molar-refractivity contribution in [1.29, 1.82) is 0 Å². The number of halogens is 1. The highest BCUT2D eigenvalue weighted by Gasteiger charge is 2.19. The van der Waals surface area contributed by atoms with Crippen molar-refractivity contribution in [2.75, 3.05) is 18.9 Å². The molecular formula is C20H23BrN2O2S. The Kier molecular flexibility index (Phi) is 7.29. The lowest BCUT2D eigenvalue weighted by atomic mass is 10.2. The molecule has 0 saturated carbocycles. The Balaban J connectivity index is 2.06. The SMILES string of the molecule is Cc1cc(Br)ccc1NC(=O)CN(C)C(=O)c1ccccc1SC(C)C. The van der Waals surface area contributed by atoms with Crippen LogP contribution in [0.3, 0.4) is 0 Å². The van der Waals surface area contributed by atoms with Crippen LogP contribution in [0.2, 0.25) is 0 Å². The molecular weight excluding hydrogens is 412 g/mol. The van der Waals surface area contributed by atoms with Crippen molar-refractivity contribution in [3.05, 3.63) is 58.1 Å². The lowest BCUT2D eigenvalue weighted by molar-refractivity contribution is -0.116. The number of hydrogen-bond donors (Lipinski definition) is 1. The minimum atomic E-state index is -0.222. The number of rotatable bonds is 6. The van der Waals surface area contributed by atoms with Gasteiger partial charge in [-0.3, -0.25) is 9.59 Å². The lowest BCUT2D eigenvalue weighted by Crippen LogP contribution is -2.35. The zero-order chi connectivity index (χ0) is 19.3. The standard InChI is InChI=1S/C20H23BrN2O2S/c1-13(2)26-18-8-6-5-7-16(18)20(25)23(4)12-19(24)22-17-10-9-15(21)11-14(17)3/h5-11,13H,12H2,1-4H3,(H,22,24). The van der Waals surface area contributed by atoms with Gasteiger partial charge in [0, 0.05) is 27.4 Å². The van der Waals surface area contributed by atoms with Crippen molar-refractivity contribution in [2.45, 2.75) is 30.9 Å². The van der Waals surface area contributed by atoms with Gasteiger partial charge >= 0.3 is 0 Å². The molecule has 0 radical (unpaired) electrons. The summed E-state index contributed by atoms with van der Waals surface area (Å²) in [6, 6.07) is 13.2. The average Bonchev–Trinajstić information content (AvgIpc) is 2.56. The molecule has 1 N–H and O–H groups in total. The highest BCUT2D eigenvalue weighted by Crippen LogP contribution is 2.27. The molecule has 0 unspecified atom stereocenters. The molecule has 2 aromatic rings. The second kappa shape index (κ2) is 9.24. The monoisotopic (exact) mass is 434 g/mol. The molecule has 2 amide bonds. The molecule has 6 heteroatoms. The van der Waals surface area contributed by atoms with Crippen molar-refractivity contribution >= 4 is 45.2 Å². The molecule has 0 aromatic heterocycles. The highest BCUT2D eigenvalue weighted by molar-refractivity contribution is 9.10. The first-order valence-corrected chi connectivity index (χ1v) is 10.0. The van der Waals surface area contributed by atoms with Crippen LogP contribution in [0.15, 0.2) is 51.8 Å². The van der Waals surface area contributed by atoms with Gasteiger partial charge in [0.1, 0.15) is 0 Å². The van der Waals surface area contributed by atoms with E-state index in [1.165, 1.54) is 4.90 Å². The van der Waals surface area contributed by atoms with Crippen LogP contribution in [-0.2, 0) is 4.79 Å². The zero-order valence-corrected chi connectivity index (χ0v) is 17.8. The summed E-state index contributed by atoms with van der Waals surface area (Å²) in [5.41, 5.74) is 2.33. The minimum Gasteiger partial charge on any atom is -0.332 e. The molecule has 0 spiro atoms. The van der Waals surface area contributed by atoms with Gasteiger partial charge in [-0.15, -0.1) is 11.8 Å². The summed E-state index contributed by atoms with van der Waals surface area (Å²) >= 11 is 5.05. The average molecular weight is 435 g/mol. The Bertz CT molecular complexity index is 808. The minimum absolute atomic E-state index is 0.00494. The molecule has 26 heavy (non-hydrogen) atoms. The van der Waals surface area contributed by atoms with E-state index in [1.807, 2.05) is 43.3 Å². The Morgan fingerprint density at radius 3 is 2.54 bits per heavy atom. The molecule has 0 aliphatic rings. The molecule has 138 valence electrons. The molecule has 0 saturated heterocycles. The second-order valence-corrected chi connectivity index (χ2v) is 8.87. The van der Waals surface area contributed by atoms with Gasteiger partial charge in [0.2, 0.25) is 5.91 Å². The van der Waals surface area contributed by atoms with Gasteiger partial charge in [0.25, 0.3) is 5.91 Å². The number of aryl methyl sites for hydroxylation is 1. The number of hydrogen-bond acceptors (Lipinski definition) is 3. The predicted molar refractivity (Wildman–Crippen MR) is 112 cm³/mol. The molecule has 0 aliphatic carbocycles. The Morgan fingerprint density at radius 2 is 1.88 bits per heavy atom. The first kappa shape index (κ1) is 20.5. The van der Waals surface area contributed by atoms with Crippen LogP contribution in [0.1, 0.15) is 29.8 Å². The van der Waals surface area contributed by atoms with E-state index in [9.17, 15) is 9.59 Å². The van der Waals surface area contributed by atoms with E-state index in [1.54, 1.807) is 24.9 Å². The van der Waals surface area contributed by atoms with Gasteiger partial charge in [0.05, 0.1) is 12.1 Å². The number of anilines is 1. The smallest absolute Gasteiger partial charge is 0.255 e. The number of thioether (sulfide) groups is 1. The van der Waals surface area contributed by atoms with Gasteiger partial charge in [-0.2, -0.15) is 0 Å². The lowest BCUT2D eigenvalue weighted by Gasteiger charge is -2.19. The van der Waals surface area contributed by atoms with Crippen LogP contribution < -0.4 is 5.32 Å². The predicted octanol–water partition coefficient (Wildman–Crippen LogP) is 4.97. The molecule has 0 aliphatic heterocycles. The van der Waals surface area contributed by atoms with Crippen molar-refractivity contribution < 1.29 is 9.59 Å². The van der Waals surface area contributed by atoms with Crippen LogP contribution in [0, 0.1) is 6.92 Å². The summed E-state index contributed by atoms with van der Waals surface area (Å²) in [5, 5.41) is 3.24. The Morgan fingerprint density at radius 1 is 1.19 bits per heavy atom. The van der Waals surface area contributed by atoms with E-state index >= 15 is 0 Å². The van der Waals surface area contributed by atoms with E-state index in [2.05, 4.69) is 35.1 Å². The van der Waals surface area contributed by atoms with Gasteiger partial charge in [-0.05, 0) is 42.8 Å². The van der Waals surface area contributed by atoms with E-state index in [-0.39, 0.29) is 18.4 Å². The van der Waals surface area contributed by atoms with E-state index in [0.717, 1.165) is 20.6 Å². The van der Waals surface area contributed by atoms with Crippen LogP contribution >= 0.6 is 27.7 Å². The third-order valence-corrected chi connectivity index (χ3v) is 5.24. The maximum absolute atomic E-state index is 12.8. The van der Waals surface area contributed by atoms with Gasteiger partial charge in [-0.25, -0.2) is 0 Å². The fourth-order valence-electron chi connectivity index (χ4n) is 2.45. The number of likely N-dealkylation sites (N-methyl/N-ethyl adjacent to an activating group) is 1. The summed E-state index contributed by atoms with van der Waals surface area (Å²) in [6.07, 6.45) is 0. The van der Waals surface area contributed by atoms with Gasteiger partial charge in [-0.1, -0.05) is 41.9 Å². The number of nitrogens with zero attached hydrogens (tertiary/aromatic N) is 1. The normalized spacial score (nSPS) is 10.7. The van der Waals surface area contributed by atoms with E-state index in [4.69, 9.17) is 0 Å². The quantitative estimate of drug-likeness (QED) is 0.652. The third-order valence-electron chi connectivity index (χ3n) is 3.67. The molecule has 0 heterocycles. The Labute approximate surface area is 167 Å². The summed E-state index contributed by atoms with van der Waals surface area (Å²) in [5.74, 6) is -0.378. The molecule has 4 nitrogen and oxygen atoms in total. The van der Waals surface area contributed by atoms with Crippen molar-refractivity contribution in [1.82, 2.24) is 4.90 Å². The van der Waals surface area contributed by atoms with Gasteiger partial charge < -0.3 is 10.2 Å². The van der Waals surface area contributed by atoms with Crippen molar-refractivity contribution in [3.8, 4) is 0 Å². The van der Waals surface area contributed by atoms with Crippen LogP contribution in [-0.4, -0.2) is 35.6 Å². The summed E-state index contributed by atoms with van der Waals surface area (Å²) < 4.78 is 0.958. The maximum atomic E-state index is 12.8. The van der Waals surface area contributed by atoms with E-state index in [0.29, 0.717) is 10.8 Å². The van der Waals surface area contributed by atoms with Crippen LogP contribution in [0.25, 0.3) is 0 Å². The fourth-order valence-corrected chi connectivity index (χ4v) is 3.87. The second-order valence-electron chi connectivity index (χ2n) is 6.33. The first-order valence-electron chi connectivity index (χ1n) is 8.35. The van der Waals surface area contributed by atoms with E-state index < -0.39 is 0 Å². The molecule has 0 atom stereocenters. The summed E-state index contributed by atoms with van der Waals surface area (Å²) in [4.78, 5) is 27.5. The number of carbonyl (C=O) groups is 2. The summed E-state index contributed by atoms with van der Waals surface area (Å²) in [6.45, 7) is 6.09. The Hall–Kier alpha value is -1.79. The number of amides is 2. The van der Waals surface area contributed by atoms with Crippen LogP contribution in [0.4, 0.5) is 5.69 Å². The van der Waals surface area contributed by atoms with Crippen molar-refractivity contribution in [3.63, 3.8) is 0 Å². The highest BCUT2D eigenvalue weighted by atomic mass is 79.9. The van der Waals surface area contributed by atoms with Gasteiger partial charge in [0.15, 0.2) is 0 Å². The number of carbonyl (C=O) groups excluding carboxylic acids is 2. The number of benzene rings is 2.